The molecule has 0 saturated carbocycles. The lowest BCUT2D eigenvalue weighted by Crippen LogP contribution is -2.38. The number of carbonyl (C=O) groups is 1. The fraction of sp³-hybridized carbons (Fsp3) is 0.462. The maximum atomic E-state index is 12.0. The number of hydrogen-bond donors (Lipinski definition) is 4. The largest absolute Gasteiger partial charge is 0.325 e. The van der Waals surface area contributed by atoms with Crippen LogP contribution >= 0.6 is 0 Å². The van der Waals surface area contributed by atoms with Crippen molar-refractivity contribution < 1.29 is 4.79 Å². The molecule has 1 unspecified atom stereocenters. The third-order valence-electron chi connectivity index (χ3n) is 2.77. The highest BCUT2D eigenvalue weighted by Crippen LogP contribution is 2.08. The van der Waals surface area contributed by atoms with E-state index in [1.807, 2.05) is 30.3 Å². The standard InChI is InChI=1S/C13H22N4O/c1-15-12(9-5-6-10-16-14)13(18)17-11-7-3-2-4-8-11/h2-4,7-8,12,15-16H,5-6,9-10,14H2,1H3,(H,17,18). The Morgan fingerprint density at radius 1 is 1.28 bits per heavy atom. The Hall–Kier alpha value is -1.43. The van der Waals surface area contributed by atoms with E-state index in [2.05, 4.69) is 16.1 Å². The molecule has 0 aliphatic carbocycles. The van der Waals surface area contributed by atoms with Gasteiger partial charge in [0, 0.05) is 12.2 Å². The molecule has 1 aromatic rings. The lowest BCUT2D eigenvalue weighted by atomic mass is 10.1. The minimum Gasteiger partial charge on any atom is -0.325 e. The van der Waals surface area contributed by atoms with E-state index >= 15 is 0 Å². The Morgan fingerprint density at radius 3 is 2.61 bits per heavy atom. The molecule has 0 aliphatic heterocycles. The predicted octanol–water partition coefficient (Wildman–Crippen LogP) is 0.847. The number of likely N-dealkylation sites (N-methyl/N-ethyl adjacent to an activating group) is 1. The first-order valence-electron chi connectivity index (χ1n) is 6.24. The molecule has 100 valence electrons. The molecule has 0 bridgehead atoms. The van der Waals surface area contributed by atoms with Gasteiger partial charge in [-0.3, -0.25) is 16.1 Å². The van der Waals surface area contributed by atoms with Gasteiger partial charge in [-0.25, -0.2) is 0 Å². The van der Waals surface area contributed by atoms with Crippen molar-refractivity contribution in [3.63, 3.8) is 0 Å². The second kappa shape index (κ2) is 8.63. The van der Waals surface area contributed by atoms with Gasteiger partial charge in [0.25, 0.3) is 0 Å². The minimum atomic E-state index is -0.164. The van der Waals surface area contributed by atoms with Gasteiger partial charge >= 0.3 is 0 Å². The normalized spacial score (nSPS) is 12.1. The van der Waals surface area contributed by atoms with Gasteiger partial charge < -0.3 is 10.6 Å². The van der Waals surface area contributed by atoms with Crippen molar-refractivity contribution in [2.24, 2.45) is 5.84 Å². The summed E-state index contributed by atoms with van der Waals surface area (Å²) >= 11 is 0. The van der Waals surface area contributed by atoms with Crippen LogP contribution in [-0.2, 0) is 4.79 Å². The fourth-order valence-electron chi connectivity index (χ4n) is 1.73. The van der Waals surface area contributed by atoms with Crippen molar-refractivity contribution in [2.45, 2.75) is 25.3 Å². The zero-order valence-electron chi connectivity index (χ0n) is 10.8. The number of para-hydroxylation sites is 1. The van der Waals surface area contributed by atoms with Crippen LogP contribution in [0.2, 0.25) is 0 Å². The first-order chi connectivity index (χ1) is 8.77. The van der Waals surface area contributed by atoms with Crippen molar-refractivity contribution in [1.82, 2.24) is 10.7 Å². The predicted molar refractivity (Wildman–Crippen MR) is 74.0 cm³/mol. The first kappa shape index (κ1) is 14.6. The molecule has 0 spiro atoms. The summed E-state index contributed by atoms with van der Waals surface area (Å²) in [7, 11) is 1.80. The lowest BCUT2D eigenvalue weighted by molar-refractivity contribution is -0.118. The third-order valence-corrected chi connectivity index (χ3v) is 2.77. The number of carbonyl (C=O) groups excluding carboxylic acids is 1. The number of hydrazine groups is 1. The van der Waals surface area contributed by atoms with Gasteiger partial charge in [0.05, 0.1) is 6.04 Å². The Kier molecular flexibility index (Phi) is 7.01. The van der Waals surface area contributed by atoms with Gasteiger partial charge in [-0.2, -0.15) is 0 Å². The van der Waals surface area contributed by atoms with E-state index in [0.29, 0.717) is 0 Å². The molecule has 1 amide bonds. The van der Waals surface area contributed by atoms with E-state index in [9.17, 15) is 4.79 Å². The summed E-state index contributed by atoms with van der Waals surface area (Å²) in [6.07, 6.45) is 2.72. The van der Waals surface area contributed by atoms with E-state index in [4.69, 9.17) is 5.84 Å². The molecule has 0 aliphatic rings. The molecule has 5 heteroatoms. The number of benzene rings is 1. The molecule has 1 rings (SSSR count). The Morgan fingerprint density at radius 2 is 2.00 bits per heavy atom. The topological polar surface area (TPSA) is 79.2 Å². The average Bonchev–Trinajstić information content (AvgIpc) is 2.40. The molecule has 0 aromatic heterocycles. The van der Waals surface area contributed by atoms with Crippen molar-refractivity contribution in [2.75, 3.05) is 18.9 Å². The summed E-state index contributed by atoms with van der Waals surface area (Å²) in [6, 6.07) is 9.31. The van der Waals surface area contributed by atoms with E-state index < -0.39 is 0 Å². The van der Waals surface area contributed by atoms with Gasteiger partial charge in [0.15, 0.2) is 0 Å². The molecule has 1 aromatic carbocycles. The molecule has 0 radical (unpaired) electrons. The number of rotatable bonds is 8. The Bertz CT molecular complexity index is 342. The maximum Gasteiger partial charge on any atom is 0.241 e. The molecule has 1 atom stereocenters. The van der Waals surface area contributed by atoms with Crippen LogP contribution in [0.4, 0.5) is 5.69 Å². The van der Waals surface area contributed by atoms with E-state index in [1.165, 1.54) is 0 Å². The van der Waals surface area contributed by atoms with Crippen molar-refractivity contribution in [3.8, 4) is 0 Å². The molecular weight excluding hydrogens is 228 g/mol. The third kappa shape index (κ3) is 5.27. The van der Waals surface area contributed by atoms with Crippen LogP contribution in [0.5, 0.6) is 0 Å². The molecule has 5 N–H and O–H groups in total. The summed E-state index contributed by atoms with van der Waals surface area (Å²) in [6.45, 7) is 0.775. The van der Waals surface area contributed by atoms with Gasteiger partial charge in [-0.1, -0.05) is 24.6 Å². The molecule has 0 saturated heterocycles. The molecule has 5 nitrogen and oxygen atoms in total. The second-order valence-corrected chi connectivity index (χ2v) is 4.15. The summed E-state index contributed by atoms with van der Waals surface area (Å²) in [5.74, 6) is 5.20. The quantitative estimate of drug-likeness (QED) is 0.313. The van der Waals surface area contributed by atoms with E-state index in [1.54, 1.807) is 7.05 Å². The lowest BCUT2D eigenvalue weighted by Gasteiger charge is -2.15. The molecule has 0 fully saturated rings. The summed E-state index contributed by atoms with van der Waals surface area (Å²) in [4.78, 5) is 12.0. The number of nitrogens with two attached hydrogens (primary N) is 1. The highest BCUT2D eigenvalue weighted by atomic mass is 16.2. The second-order valence-electron chi connectivity index (χ2n) is 4.15. The monoisotopic (exact) mass is 250 g/mol. The van der Waals surface area contributed by atoms with Crippen molar-refractivity contribution in [1.29, 1.82) is 0 Å². The van der Waals surface area contributed by atoms with Crippen LogP contribution in [0.25, 0.3) is 0 Å². The zero-order chi connectivity index (χ0) is 13.2. The number of hydrogen-bond acceptors (Lipinski definition) is 4. The Labute approximate surface area is 108 Å². The number of nitrogens with one attached hydrogen (secondary N) is 3. The van der Waals surface area contributed by atoms with Crippen LogP contribution < -0.4 is 21.9 Å². The first-order valence-corrected chi connectivity index (χ1v) is 6.24. The fourth-order valence-corrected chi connectivity index (χ4v) is 1.73. The van der Waals surface area contributed by atoms with Crippen LogP contribution in [0.3, 0.4) is 0 Å². The average molecular weight is 250 g/mol. The minimum absolute atomic E-state index is 0.00408. The Balaban J connectivity index is 2.37. The zero-order valence-corrected chi connectivity index (χ0v) is 10.8. The highest BCUT2D eigenvalue weighted by Gasteiger charge is 2.15. The highest BCUT2D eigenvalue weighted by molar-refractivity contribution is 5.94. The number of anilines is 1. The van der Waals surface area contributed by atoms with Crippen molar-refractivity contribution >= 4 is 11.6 Å². The number of unbranched alkanes of at least 4 members (excludes halogenated alkanes) is 1. The van der Waals surface area contributed by atoms with E-state index in [-0.39, 0.29) is 11.9 Å². The van der Waals surface area contributed by atoms with Gasteiger partial charge in [-0.15, -0.1) is 0 Å². The summed E-state index contributed by atoms with van der Waals surface area (Å²) in [5.41, 5.74) is 3.43. The van der Waals surface area contributed by atoms with Crippen molar-refractivity contribution in [3.05, 3.63) is 30.3 Å². The maximum absolute atomic E-state index is 12.0. The molecular formula is C13H22N4O. The van der Waals surface area contributed by atoms with Crippen LogP contribution in [0.1, 0.15) is 19.3 Å². The van der Waals surface area contributed by atoms with Crippen LogP contribution in [-0.4, -0.2) is 25.5 Å². The van der Waals surface area contributed by atoms with Crippen LogP contribution in [0, 0.1) is 0 Å². The molecule has 0 heterocycles. The SMILES string of the molecule is CNC(CCCCNN)C(=O)Nc1ccccc1. The van der Waals surface area contributed by atoms with E-state index in [0.717, 1.165) is 31.5 Å². The summed E-state index contributed by atoms with van der Waals surface area (Å²) in [5, 5.41) is 5.93. The molecule has 18 heavy (non-hydrogen) atoms. The smallest absolute Gasteiger partial charge is 0.241 e. The van der Waals surface area contributed by atoms with Gasteiger partial charge in [-0.05, 0) is 32.0 Å². The summed E-state index contributed by atoms with van der Waals surface area (Å²) < 4.78 is 0. The van der Waals surface area contributed by atoms with Gasteiger partial charge in [0.2, 0.25) is 5.91 Å². The number of amides is 1. The van der Waals surface area contributed by atoms with Crippen LogP contribution in [0.15, 0.2) is 30.3 Å². The van der Waals surface area contributed by atoms with Gasteiger partial charge in [0.1, 0.15) is 0 Å².